The van der Waals surface area contributed by atoms with E-state index in [0.29, 0.717) is 10.8 Å². The van der Waals surface area contributed by atoms with Gasteiger partial charge in [-0.15, -0.1) is 0 Å². The zero-order valence-corrected chi connectivity index (χ0v) is 9.57. The van der Waals surface area contributed by atoms with Crippen LogP contribution in [0, 0.1) is 0 Å². The zero-order chi connectivity index (χ0) is 11.7. The van der Waals surface area contributed by atoms with Crippen molar-refractivity contribution in [3.05, 3.63) is 47.9 Å². The van der Waals surface area contributed by atoms with Crippen molar-refractivity contribution in [2.45, 2.75) is 0 Å². The third kappa shape index (κ3) is 1.94. The van der Waals surface area contributed by atoms with E-state index >= 15 is 0 Å². The summed E-state index contributed by atoms with van der Waals surface area (Å²) in [6.45, 7) is 0. The highest BCUT2D eigenvalue weighted by Crippen LogP contribution is 2.25. The number of aromatic nitrogens is 3. The Hall–Kier alpha value is -2.07. The fourth-order valence-electron chi connectivity index (χ4n) is 1.67. The van der Waals surface area contributed by atoms with E-state index in [9.17, 15) is 0 Å². The molecule has 0 saturated carbocycles. The van der Waals surface area contributed by atoms with Crippen molar-refractivity contribution in [3.63, 3.8) is 0 Å². The third-order valence-electron chi connectivity index (χ3n) is 2.41. The summed E-state index contributed by atoms with van der Waals surface area (Å²) in [7, 11) is 0. The molecule has 4 nitrogen and oxygen atoms in total. The average molecular weight is 245 g/mol. The maximum Gasteiger partial charge on any atom is 0.161 e. The molecule has 0 amide bonds. The van der Waals surface area contributed by atoms with E-state index in [4.69, 9.17) is 11.6 Å². The molecule has 0 spiro atoms. The summed E-state index contributed by atoms with van der Waals surface area (Å²) in [4.78, 5) is 11.3. The number of anilines is 2. The normalized spacial score (nSPS) is 10.6. The van der Waals surface area contributed by atoms with Gasteiger partial charge in [-0.25, -0.2) is 9.97 Å². The number of hydrogen-bond donors (Lipinski definition) is 2. The van der Waals surface area contributed by atoms with Crippen molar-refractivity contribution >= 4 is 34.1 Å². The second-order valence-corrected chi connectivity index (χ2v) is 3.97. The Morgan fingerprint density at radius 1 is 1.18 bits per heavy atom. The van der Waals surface area contributed by atoms with Crippen LogP contribution in [-0.2, 0) is 0 Å². The van der Waals surface area contributed by atoms with E-state index in [0.717, 1.165) is 16.9 Å². The Balaban J connectivity index is 2.08. The minimum Gasteiger partial charge on any atom is -0.354 e. The highest BCUT2D eigenvalue weighted by atomic mass is 35.5. The molecule has 0 unspecified atom stereocenters. The average Bonchev–Trinajstić information content (AvgIpc) is 2.78. The molecule has 0 atom stereocenters. The number of nitrogens with one attached hydrogen (secondary N) is 2. The van der Waals surface area contributed by atoms with Crippen molar-refractivity contribution in [1.82, 2.24) is 15.0 Å². The molecule has 2 aromatic heterocycles. The van der Waals surface area contributed by atoms with Crippen LogP contribution in [0.4, 0.5) is 11.4 Å². The quantitative estimate of drug-likeness (QED) is 0.680. The number of H-pyrrole nitrogens is 1. The molecule has 2 heterocycles. The van der Waals surface area contributed by atoms with Crippen molar-refractivity contribution in [1.29, 1.82) is 0 Å². The maximum atomic E-state index is 5.95. The van der Waals surface area contributed by atoms with E-state index in [1.165, 1.54) is 0 Å². The van der Waals surface area contributed by atoms with Crippen molar-refractivity contribution in [2.75, 3.05) is 5.32 Å². The Labute approximate surface area is 103 Å². The molecule has 0 aliphatic rings. The molecule has 0 aliphatic carbocycles. The monoisotopic (exact) mass is 244 g/mol. The lowest BCUT2D eigenvalue weighted by molar-refractivity contribution is 1.30. The number of pyridine rings is 1. The fourth-order valence-corrected chi connectivity index (χ4v) is 1.86. The summed E-state index contributed by atoms with van der Waals surface area (Å²) >= 11 is 5.95. The van der Waals surface area contributed by atoms with E-state index in [1.54, 1.807) is 12.4 Å². The molecule has 0 saturated heterocycles. The van der Waals surface area contributed by atoms with Gasteiger partial charge in [0, 0.05) is 11.8 Å². The number of aromatic amines is 1. The number of nitrogens with zero attached hydrogens (tertiary/aromatic N) is 2. The van der Waals surface area contributed by atoms with Crippen LogP contribution in [0.5, 0.6) is 0 Å². The number of hydrogen-bond acceptors (Lipinski definition) is 3. The third-order valence-corrected chi connectivity index (χ3v) is 2.60. The molecule has 3 aromatic rings. The van der Waals surface area contributed by atoms with Gasteiger partial charge < -0.3 is 10.3 Å². The van der Waals surface area contributed by atoms with Gasteiger partial charge in [-0.1, -0.05) is 29.8 Å². The lowest BCUT2D eigenvalue weighted by Gasteiger charge is -2.06. The van der Waals surface area contributed by atoms with E-state index in [-0.39, 0.29) is 0 Å². The van der Waals surface area contributed by atoms with Crippen molar-refractivity contribution in [3.8, 4) is 0 Å². The molecular formula is C12H9ClN4. The molecule has 84 valence electrons. The Kier molecular flexibility index (Phi) is 2.42. The first-order valence-electron chi connectivity index (χ1n) is 5.14. The van der Waals surface area contributed by atoms with E-state index in [1.807, 2.05) is 30.3 Å². The lowest BCUT2D eigenvalue weighted by Crippen LogP contribution is -1.92. The van der Waals surface area contributed by atoms with Crippen molar-refractivity contribution in [2.24, 2.45) is 0 Å². The van der Waals surface area contributed by atoms with Crippen LogP contribution < -0.4 is 5.32 Å². The van der Waals surface area contributed by atoms with Gasteiger partial charge in [0.15, 0.2) is 5.65 Å². The largest absolute Gasteiger partial charge is 0.354 e. The molecule has 0 radical (unpaired) electrons. The van der Waals surface area contributed by atoms with E-state index < -0.39 is 0 Å². The number of fused-ring (bicyclic) bond motifs is 1. The van der Waals surface area contributed by atoms with Gasteiger partial charge in [0.25, 0.3) is 0 Å². The Bertz CT molecular complexity index is 648. The molecular weight excluding hydrogens is 236 g/mol. The molecule has 1 aromatic carbocycles. The van der Waals surface area contributed by atoms with Crippen LogP contribution in [0.2, 0.25) is 5.15 Å². The molecule has 17 heavy (non-hydrogen) atoms. The van der Waals surface area contributed by atoms with Gasteiger partial charge in [0.05, 0.1) is 12.0 Å². The van der Waals surface area contributed by atoms with E-state index in [2.05, 4.69) is 20.3 Å². The summed E-state index contributed by atoms with van der Waals surface area (Å²) in [5, 5.41) is 3.70. The SMILES string of the molecule is Clc1cc(Nc2ccccc2)c2nc[nH]c2n1. The minimum atomic E-state index is 0.431. The van der Waals surface area contributed by atoms with Gasteiger partial charge in [0.1, 0.15) is 10.7 Å². The molecule has 5 heteroatoms. The summed E-state index contributed by atoms with van der Waals surface area (Å²) in [5.74, 6) is 0. The van der Waals surface area contributed by atoms with Crippen LogP contribution >= 0.6 is 11.6 Å². The van der Waals surface area contributed by atoms with Gasteiger partial charge in [-0.05, 0) is 12.1 Å². The first-order chi connectivity index (χ1) is 8.33. The van der Waals surface area contributed by atoms with Gasteiger partial charge >= 0.3 is 0 Å². The molecule has 0 fully saturated rings. The maximum absolute atomic E-state index is 5.95. The molecule has 0 aliphatic heterocycles. The summed E-state index contributed by atoms with van der Waals surface area (Å²) < 4.78 is 0. The molecule has 2 N–H and O–H groups in total. The molecule has 3 rings (SSSR count). The van der Waals surface area contributed by atoms with Crippen molar-refractivity contribution < 1.29 is 0 Å². The first-order valence-corrected chi connectivity index (χ1v) is 5.52. The highest BCUT2D eigenvalue weighted by Gasteiger charge is 2.07. The van der Waals surface area contributed by atoms with Crippen LogP contribution in [0.15, 0.2) is 42.7 Å². The Morgan fingerprint density at radius 3 is 2.82 bits per heavy atom. The predicted octanol–water partition coefficient (Wildman–Crippen LogP) is 3.35. The minimum absolute atomic E-state index is 0.431. The predicted molar refractivity (Wildman–Crippen MR) is 68.6 cm³/mol. The van der Waals surface area contributed by atoms with Gasteiger partial charge in [0.2, 0.25) is 0 Å². The van der Waals surface area contributed by atoms with Crippen LogP contribution in [0.25, 0.3) is 11.2 Å². The van der Waals surface area contributed by atoms with Gasteiger partial charge in [-0.2, -0.15) is 0 Å². The highest BCUT2D eigenvalue weighted by molar-refractivity contribution is 6.30. The number of imidazole rings is 1. The van der Waals surface area contributed by atoms with Crippen LogP contribution in [-0.4, -0.2) is 15.0 Å². The smallest absolute Gasteiger partial charge is 0.161 e. The summed E-state index contributed by atoms with van der Waals surface area (Å²) in [6, 6.07) is 11.6. The number of halogens is 1. The number of para-hydroxylation sites is 1. The van der Waals surface area contributed by atoms with Crippen LogP contribution in [0.3, 0.4) is 0 Å². The lowest BCUT2D eigenvalue weighted by atomic mass is 10.3. The second kappa shape index (κ2) is 4.07. The fraction of sp³-hybridized carbons (Fsp3) is 0. The zero-order valence-electron chi connectivity index (χ0n) is 8.81. The first kappa shape index (κ1) is 10.1. The number of benzene rings is 1. The Morgan fingerprint density at radius 2 is 2.00 bits per heavy atom. The standard InChI is InChI=1S/C12H9ClN4/c13-10-6-9(11-12(17-10)15-7-14-11)16-8-4-2-1-3-5-8/h1-7H,(H2,14,15,16,17). The summed E-state index contributed by atoms with van der Waals surface area (Å²) in [5.41, 5.74) is 3.28. The number of rotatable bonds is 2. The summed E-state index contributed by atoms with van der Waals surface area (Å²) in [6.07, 6.45) is 1.60. The topological polar surface area (TPSA) is 53.6 Å². The molecule has 0 bridgehead atoms. The van der Waals surface area contributed by atoms with Crippen LogP contribution in [0.1, 0.15) is 0 Å². The van der Waals surface area contributed by atoms with Gasteiger partial charge in [-0.3, -0.25) is 0 Å². The second-order valence-electron chi connectivity index (χ2n) is 3.58.